The van der Waals surface area contributed by atoms with Gasteiger partial charge in [-0.25, -0.2) is 8.78 Å². The van der Waals surface area contributed by atoms with Crippen molar-refractivity contribution in [3.05, 3.63) is 94.2 Å². The van der Waals surface area contributed by atoms with Crippen LogP contribution in [0.4, 0.5) is 8.78 Å². The Kier molecular flexibility index (Phi) is 7.72. The van der Waals surface area contributed by atoms with Crippen LogP contribution in [-0.4, -0.2) is 44.0 Å². The van der Waals surface area contributed by atoms with Gasteiger partial charge in [-0.3, -0.25) is 4.79 Å². The standard InChI is InChI=1S/C28H28F2N2O2.ClH/c1-32-11-2-3-19(17-32)27-26(20-13-21(29)15-22(30)14-20)24-5-4-23(16-25(24)28(27)33)34-12-8-18-6-9-31-10-7-18;/h2-5,11,13-16,18,31H,6-10,12,17H2,1H3;1H. The topological polar surface area (TPSA) is 41.6 Å². The minimum Gasteiger partial charge on any atom is -0.494 e. The van der Waals surface area contributed by atoms with Gasteiger partial charge in [0.1, 0.15) is 17.4 Å². The van der Waals surface area contributed by atoms with Crippen molar-refractivity contribution in [1.29, 1.82) is 0 Å². The molecule has 0 radical (unpaired) electrons. The molecule has 35 heavy (non-hydrogen) atoms. The largest absolute Gasteiger partial charge is 0.494 e. The molecule has 2 aromatic carbocycles. The number of carbonyl (C=O) groups excluding carboxylic acids is 1. The SMILES string of the molecule is CN1C=CC=C(C2=C(c3cc(F)cc(F)c3)c3ccc(OCCC4CCNCC4)cc3C2=O)C1.Cl. The summed E-state index contributed by atoms with van der Waals surface area (Å²) in [5, 5.41) is 3.37. The van der Waals surface area contributed by atoms with Gasteiger partial charge in [0.05, 0.1) is 6.61 Å². The number of benzene rings is 2. The molecule has 3 aliphatic rings. The highest BCUT2D eigenvalue weighted by molar-refractivity contribution is 6.25. The lowest BCUT2D eigenvalue weighted by molar-refractivity contribution is 0.103. The van der Waals surface area contributed by atoms with Crippen LogP contribution in [0.25, 0.3) is 5.57 Å². The molecule has 1 fully saturated rings. The number of hydrogen-bond donors (Lipinski definition) is 1. The predicted molar refractivity (Wildman–Crippen MR) is 136 cm³/mol. The van der Waals surface area contributed by atoms with Crippen molar-refractivity contribution in [1.82, 2.24) is 10.2 Å². The van der Waals surface area contributed by atoms with E-state index >= 15 is 0 Å². The number of rotatable bonds is 6. The number of halogens is 3. The number of hydrogen-bond acceptors (Lipinski definition) is 4. The summed E-state index contributed by atoms with van der Waals surface area (Å²) < 4.78 is 34.3. The zero-order valence-electron chi connectivity index (χ0n) is 19.7. The number of ether oxygens (including phenoxy) is 1. The highest BCUT2D eigenvalue weighted by Crippen LogP contribution is 2.42. The van der Waals surface area contributed by atoms with Gasteiger partial charge in [0.15, 0.2) is 5.78 Å². The Hall–Kier alpha value is -2.96. The Balaban J connectivity index is 0.00000289. The maximum absolute atomic E-state index is 14.1. The molecule has 0 atom stereocenters. The van der Waals surface area contributed by atoms with Crippen LogP contribution in [0.15, 0.2) is 65.9 Å². The molecule has 0 unspecified atom stereocenters. The lowest BCUT2D eigenvalue weighted by atomic mass is 9.93. The van der Waals surface area contributed by atoms with E-state index in [1.54, 1.807) is 6.07 Å². The fourth-order valence-electron chi connectivity index (χ4n) is 5.06. The molecule has 0 bridgehead atoms. The summed E-state index contributed by atoms with van der Waals surface area (Å²) in [6, 6.07) is 8.86. The molecule has 1 saturated heterocycles. The number of nitrogens with zero attached hydrogens (tertiary/aromatic N) is 1. The van der Waals surface area contributed by atoms with E-state index in [-0.39, 0.29) is 18.2 Å². The molecule has 1 aliphatic carbocycles. The number of likely N-dealkylation sites (N-methyl/N-ethyl adjacent to an activating group) is 1. The second-order valence-corrected chi connectivity index (χ2v) is 9.22. The van der Waals surface area contributed by atoms with Crippen LogP contribution in [0, 0.1) is 17.6 Å². The molecule has 2 heterocycles. The third kappa shape index (κ3) is 5.34. The Bertz CT molecular complexity index is 1200. The first-order valence-corrected chi connectivity index (χ1v) is 11.8. The number of piperidine rings is 1. The number of allylic oxidation sites excluding steroid dienone is 2. The molecule has 4 nitrogen and oxygen atoms in total. The summed E-state index contributed by atoms with van der Waals surface area (Å²) in [6.07, 6.45) is 8.99. The summed E-state index contributed by atoms with van der Waals surface area (Å²) >= 11 is 0. The maximum atomic E-state index is 14.1. The summed E-state index contributed by atoms with van der Waals surface area (Å²) in [6.45, 7) is 3.24. The number of Topliss-reactive ketones (excluding diaryl/α,β-unsaturated/α-hetero) is 1. The monoisotopic (exact) mass is 498 g/mol. The summed E-state index contributed by atoms with van der Waals surface area (Å²) in [5.74, 6) is -0.191. The highest BCUT2D eigenvalue weighted by atomic mass is 35.5. The van der Waals surface area contributed by atoms with E-state index in [0.717, 1.165) is 44.0 Å². The van der Waals surface area contributed by atoms with E-state index < -0.39 is 11.6 Å². The van der Waals surface area contributed by atoms with Gasteiger partial charge in [-0.15, -0.1) is 12.4 Å². The molecular formula is C28H29ClF2N2O2. The molecule has 7 heteroatoms. The summed E-state index contributed by atoms with van der Waals surface area (Å²) in [4.78, 5) is 15.6. The molecule has 184 valence electrons. The minimum atomic E-state index is -0.671. The first-order valence-electron chi connectivity index (χ1n) is 11.8. The van der Waals surface area contributed by atoms with Gasteiger partial charge in [-0.2, -0.15) is 0 Å². The second kappa shape index (κ2) is 10.8. The number of nitrogens with one attached hydrogen (secondary N) is 1. The Morgan fingerprint density at radius 2 is 1.77 bits per heavy atom. The van der Waals surface area contributed by atoms with Crippen LogP contribution in [0.2, 0.25) is 0 Å². The van der Waals surface area contributed by atoms with Gasteiger partial charge in [-0.1, -0.05) is 6.08 Å². The van der Waals surface area contributed by atoms with Gasteiger partial charge in [0.2, 0.25) is 0 Å². The van der Waals surface area contributed by atoms with Crippen LogP contribution >= 0.6 is 12.4 Å². The van der Waals surface area contributed by atoms with Crippen molar-refractivity contribution in [2.75, 3.05) is 33.3 Å². The molecule has 0 saturated carbocycles. The third-order valence-corrected chi connectivity index (χ3v) is 6.77. The average Bonchev–Trinajstić information content (AvgIpc) is 3.11. The zero-order chi connectivity index (χ0) is 23.7. The van der Waals surface area contributed by atoms with Gasteiger partial charge in [0.25, 0.3) is 0 Å². The average molecular weight is 499 g/mol. The Morgan fingerprint density at radius 1 is 1.03 bits per heavy atom. The molecule has 2 aromatic rings. The van der Waals surface area contributed by atoms with Gasteiger partial charge in [-0.05, 0) is 97.6 Å². The van der Waals surface area contributed by atoms with Crippen molar-refractivity contribution >= 4 is 23.8 Å². The van der Waals surface area contributed by atoms with E-state index in [0.29, 0.717) is 52.7 Å². The highest BCUT2D eigenvalue weighted by Gasteiger charge is 2.33. The lowest BCUT2D eigenvalue weighted by Crippen LogP contribution is -2.28. The Morgan fingerprint density at radius 3 is 2.49 bits per heavy atom. The molecule has 0 amide bonds. The van der Waals surface area contributed by atoms with Crippen LogP contribution in [0.5, 0.6) is 5.75 Å². The van der Waals surface area contributed by atoms with Crippen molar-refractivity contribution in [3.63, 3.8) is 0 Å². The quantitative estimate of drug-likeness (QED) is 0.568. The van der Waals surface area contributed by atoms with Crippen LogP contribution in [-0.2, 0) is 0 Å². The van der Waals surface area contributed by atoms with E-state index in [4.69, 9.17) is 4.74 Å². The second-order valence-electron chi connectivity index (χ2n) is 9.22. The molecular weight excluding hydrogens is 470 g/mol. The predicted octanol–water partition coefficient (Wildman–Crippen LogP) is 5.54. The van der Waals surface area contributed by atoms with Crippen molar-refractivity contribution in [2.45, 2.75) is 19.3 Å². The van der Waals surface area contributed by atoms with Crippen molar-refractivity contribution in [3.8, 4) is 5.75 Å². The molecule has 2 aliphatic heterocycles. The first-order chi connectivity index (χ1) is 16.5. The van der Waals surface area contributed by atoms with Crippen molar-refractivity contribution in [2.24, 2.45) is 5.92 Å². The maximum Gasteiger partial charge on any atom is 0.194 e. The van der Waals surface area contributed by atoms with Gasteiger partial charge >= 0.3 is 0 Å². The Labute approximate surface area is 210 Å². The van der Waals surface area contributed by atoms with Crippen LogP contribution in [0.1, 0.15) is 40.7 Å². The number of ketones is 1. The minimum absolute atomic E-state index is 0. The number of carbonyl (C=O) groups is 1. The first kappa shape index (κ1) is 25.1. The van der Waals surface area contributed by atoms with Crippen molar-refractivity contribution < 1.29 is 18.3 Å². The van der Waals surface area contributed by atoms with Crippen LogP contribution < -0.4 is 10.1 Å². The molecule has 1 N–H and O–H groups in total. The smallest absolute Gasteiger partial charge is 0.194 e. The fraction of sp³-hybridized carbons (Fsp3) is 0.321. The summed E-state index contributed by atoms with van der Waals surface area (Å²) in [5.41, 5.74) is 3.41. The normalized spacial score (nSPS) is 17.9. The summed E-state index contributed by atoms with van der Waals surface area (Å²) in [7, 11) is 1.92. The lowest BCUT2D eigenvalue weighted by Gasteiger charge is -2.22. The fourth-order valence-corrected chi connectivity index (χ4v) is 5.06. The molecule has 0 spiro atoms. The van der Waals surface area contributed by atoms with E-state index in [2.05, 4.69) is 5.32 Å². The van der Waals surface area contributed by atoms with Gasteiger partial charge < -0.3 is 15.0 Å². The molecule has 0 aromatic heterocycles. The van der Waals surface area contributed by atoms with Gasteiger partial charge in [0, 0.05) is 36.4 Å². The zero-order valence-corrected chi connectivity index (χ0v) is 20.5. The van der Waals surface area contributed by atoms with Crippen LogP contribution in [0.3, 0.4) is 0 Å². The number of fused-ring (bicyclic) bond motifs is 1. The molecule has 5 rings (SSSR count). The third-order valence-electron chi connectivity index (χ3n) is 6.77. The van der Waals surface area contributed by atoms with E-state index in [9.17, 15) is 13.6 Å². The van der Waals surface area contributed by atoms with E-state index in [1.807, 2.05) is 42.4 Å². The van der Waals surface area contributed by atoms with E-state index in [1.165, 1.54) is 12.1 Å².